The highest BCUT2D eigenvalue weighted by atomic mass is 32.1. The van der Waals surface area contributed by atoms with Crippen molar-refractivity contribution in [2.24, 2.45) is 0 Å². The Kier molecular flexibility index (Phi) is 7.02. The molecule has 4 aromatic rings. The lowest BCUT2D eigenvalue weighted by molar-refractivity contribution is -0.125. The minimum absolute atomic E-state index is 0.0664. The summed E-state index contributed by atoms with van der Waals surface area (Å²) in [6.45, 7) is 0. The highest BCUT2D eigenvalue weighted by Crippen LogP contribution is 2.21. The van der Waals surface area contributed by atoms with E-state index in [-0.39, 0.29) is 30.6 Å². The van der Waals surface area contributed by atoms with Crippen LogP contribution in [0, 0.1) is 0 Å². The van der Waals surface area contributed by atoms with Gasteiger partial charge >= 0.3 is 0 Å². The molecule has 7 heteroatoms. The predicted octanol–water partition coefficient (Wildman–Crippen LogP) is 4.74. The lowest BCUT2D eigenvalue weighted by Gasteiger charge is -2.22. The number of amides is 3. The Balaban J connectivity index is 1.62. The van der Waals surface area contributed by atoms with Gasteiger partial charge in [-0.1, -0.05) is 66.7 Å². The average Bonchev–Trinajstić information content (AvgIpc) is 3.34. The summed E-state index contributed by atoms with van der Waals surface area (Å²) in [7, 11) is 0. The zero-order valence-corrected chi connectivity index (χ0v) is 18.5. The third kappa shape index (κ3) is 5.78. The first-order valence-corrected chi connectivity index (χ1v) is 11.2. The number of nitrogens with one attached hydrogen (secondary N) is 1. The van der Waals surface area contributed by atoms with E-state index in [9.17, 15) is 14.4 Å². The quantitative estimate of drug-likeness (QED) is 0.437. The number of anilines is 2. The fraction of sp³-hybridized carbons (Fsp3) is 0.0769. The molecule has 164 valence electrons. The van der Waals surface area contributed by atoms with Crippen LogP contribution in [-0.2, 0) is 22.4 Å². The van der Waals surface area contributed by atoms with Crippen molar-refractivity contribution in [1.29, 1.82) is 0 Å². The maximum Gasteiger partial charge on any atom is 0.257 e. The minimum Gasteiger partial charge on any atom is -0.298 e. The van der Waals surface area contributed by atoms with Crippen molar-refractivity contribution < 1.29 is 14.4 Å². The van der Waals surface area contributed by atoms with Gasteiger partial charge in [0.15, 0.2) is 5.13 Å². The Hall–Kier alpha value is -4.10. The molecule has 6 nitrogen and oxygen atoms in total. The van der Waals surface area contributed by atoms with Gasteiger partial charge in [0.25, 0.3) is 5.91 Å². The first kappa shape index (κ1) is 22.1. The van der Waals surface area contributed by atoms with Crippen molar-refractivity contribution in [2.45, 2.75) is 12.8 Å². The molecule has 0 atom stereocenters. The van der Waals surface area contributed by atoms with E-state index in [1.165, 1.54) is 16.2 Å². The lowest BCUT2D eigenvalue weighted by Crippen LogP contribution is -2.39. The topological polar surface area (TPSA) is 79.4 Å². The second-order valence-electron chi connectivity index (χ2n) is 7.29. The van der Waals surface area contributed by atoms with Crippen LogP contribution >= 0.6 is 11.3 Å². The molecule has 0 spiro atoms. The van der Waals surface area contributed by atoms with Crippen molar-refractivity contribution in [3.05, 3.63) is 113 Å². The summed E-state index contributed by atoms with van der Waals surface area (Å²) < 4.78 is 0. The van der Waals surface area contributed by atoms with Crippen molar-refractivity contribution >= 4 is 39.9 Å². The van der Waals surface area contributed by atoms with Crippen LogP contribution in [0.2, 0.25) is 0 Å². The van der Waals surface area contributed by atoms with Crippen LogP contribution in [0.4, 0.5) is 10.8 Å². The number of nitrogens with zero attached hydrogens (tertiary/aromatic N) is 2. The van der Waals surface area contributed by atoms with Crippen molar-refractivity contribution in [1.82, 2.24) is 4.98 Å². The Bertz CT molecular complexity index is 1190. The van der Waals surface area contributed by atoms with Gasteiger partial charge < -0.3 is 0 Å². The molecule has 0 radical (unpaired) electrons. The molecule has 1 heterocycles. The summed E-state index contributed by atoms with van der Waals surface area (Å²) in [6.07, 6.45) is 1.73. The summed E-state index contributed by atoms with van der Waals surface area (Å²) >= 11 is 1.31. The van der Waals surface area contributed by atoms with E-state index in [1.807, 2.05) is 60.7 Å². The van der Waals surface area contributed by atoms with Gasteiger partial charge in [-0.05, 0) is 29.3 Å². The van der Waals surface area contributed by atoms with Gasteiger partial charge in [0, 0.05) is 17.1 Å². The summed E-state index contributed by atoms with van der Waals surface area (Å²) in [5.41, 5.74) is 2.28. The largest absolute Gasteiger partial charge is 0.298 e. The first-order valence-electron chi connectivity index (χ1n) is 10.3. The summed E-state index contributed by atoms with van der Waals surface area (Å²) in [4.78, 5) is 44.5. The molecule has 0 saturated carbocycles. The molecule has 0 aliphatic rings. The Labute approximate surface area is 195 Å². The molecule has 0 unspecified atom stereocenters. The molecular formula is C26H21N3O3S. The van der Waals surface area contributed by atoms with E-state index in [0.29, 0.717) is 16.4 Å². The molecule has 33 heavy (non-hydrogen) atoms. The van der Waals surface area contributed by atoms with E-state index in [4.69, 9.17) is 0 Å². The number of carbonyl (C=O) groups is 3. The lowest BCUT2D eigenvalue weighted by atomic mass is 10.1. The number of thiazole rings is 1. The van der Waals surface area contributed by atoms with Gasteiger partial charge in [0.1, 0.15) is 0 Å². The monoisotopic (exact) mass is 455 g/mol. The van der Waals surface area contributed by atoms with Gasteiger partial charge in [-0.25, -0.2) is 9.88 Å². The number of hydrogen-bond donors (Lipinski definition) is 1. The van der Waals surface area contributed by atoms with E-state index in [1.54, 1.807) is 35.8 Å². The summed E-state index contributed by atoms with van der Waals surface area (Å²) in [5, 5.41) is 4.96. The molecular weight excluding hydrogens is 434 g/mol. The zero-order chi connectivity index (χ0) is 23.0. The number of benzene rings is 3. The SMILES string of the molecule is O=C(Nc1nccs1)c1cccc(N(C(=O)Cc2ccccc2)C(=O)Cc2ccccc2)c1. The highest BCUT2D eigenvalue weighted by molar-refractivity contribution is 7.13. The fourth-order valence-corrected chi connectivity index (χ4v) is 3.89. The molecule has 4 rings (SSSR count). The average molecular weight is 456 g/mol. The van der Waals surface area contributed by atoms with Gasteiger partial charge in [-0.15, -0.1) is 11.3 Å². The Morgan fingerprint density at radius 2 is 1.39 bits per heavy atom. The highest BCUT2D eigenvalue weighted by Gasteiger charge is 2.24. The van der Waals surface area contributed by atoms with E-state index < -0.39 is 0 Å². The fourth-order valence-electron chi connectivity index (χ4n) is 3.37. The van der Waals surface area contributed by atoms with Crippen molar-refractivity contribution in [2.75, 3.05) is 10.2 Å². The van der Waals surface area contributed by atoms with Gasteiger partial charge in [-0.2, -0.15) is 0 Å². The van der Waals surface area contributed by atoms with Crippen LogP contribution < -0.4 is 10.2 Å². The van der Waals surface area contributed by atoms with E-state index in [2.05, 4.69) is 10.3 Å². The molecule has 0 bridgehead atoms. The smallest absolute Gasteiger partial charge is 0.257 e. The minimum atomic E-state index is -0.363. The van der Waals surface area contributed by atoms with Gasteiger partial charge in [0.2, 0.25) is 11.8 Å². The van der Waals surface area contributed by atoms with Crippen LogP contribution in [0.15, 0.2) is 96.5 Å². The van der Waals surface area contributed by atoms with E-state index >= 15 is 0 Å². The maximum absolute atomic E-state index is 13.3. The van der Waals surface area contributed by atoms with Gasteiger partial charge in [-0.3, -0.25) is 19.7 Å². The van der Waals surface area contributed by atoms with Gasteiger partial charge in [0.05, 0.1) is 18.5 Å². The molecule has 1 N–H and O–H groups in total. The van der Waals surface area contributed by atoms with Crippen LogP contribution in [0.25, 0.3) is 0 Å². The third-order valence-electron chi connectivity index (χ3n) is 4.91. The molecule has 3 amide bonds. The van der Waals surface area contributed by atoms with Crippen molar-refractivity contribution in [3.63, 3.8) is 0 Å². The van der Waals surface area contributed by atoms with E-state index in [0.717, 1.165) is 11.1 Å². The third-order valence-corrected chi connectivity index (χ3v) is 5.60. The second kappa shape index (κ2) is 10.5. The Morgan fingerprint density at radius 3 is 1.94 bits per heavy atom. The number of carbonyl (C=O) groups excluding carboxylic acids is 3. The number of imide groups is 1. The number of hydrogen-bond acceptors (Lipinski definition) is 5. The summed E-state index contributed by atoms with van der Waals surface area (Å²) in [5.74, 6) is -1.09. The van der Waals surface area contributed by atoms with Crippen LogP contribution in [0.3, 0.4) is 0 Å². The van der Waals surface area contributed by atoms with Crippen LogP contribution in [0.1, 0.15) is 21.5 Å². The van der Waals surface area contributed by atoms with Crippen LogP contribution in [-0.4, -0.2) is 22.7 Å². The van der Waals surface area contributed by atoms with Crippen LogP contribution in [0.5, 0.6) is 0 Å². The molecule has 0 saturated heterocycles. The number of rotatable bonds is 7. The first-order chi connectivity index (χ1) is 16.1. The number of aromatic nitrogens is 1. The zero-order valence-electron chi connectivity index (χ0n) is 17.7. The molecule has 0 aliphatic carbocycles. The normalized spacial score (nSPS) is 10.4. The predicted molar refractivity (Wildman–Crippen MR) is 129 cm³/mol. The Morgan fingerprint density at radius 1 is 0.788 bits per heavy atom. The summed E-state index contributed by atoms with van der Waals surface area (Å²) in [6, 6.07) is 25.0. The molecule has 1 aromatic heterocycles. The maximum atomic E-state index is 13.3. The molecule has 0 aliphatic heterocycles. The second-order valence-corrected chi connectivity index (χ2v) is 8.18. The molecule has 3 aromatic carbocycles. The molecule has 0 fully saturated rings. The standard InChI is InChI=1S/C26H21N3O3S/c30-23(16-19-8-3-1-4-9-19)29(24(31)17-20-10-5-2-6-11-20)22-13-7-12-21(18-22)25(32)28-26-27-14-15-33-26/h1-15,18H,16-17H2,(H,27,28,32). The van der Waals surface area contributed by atoms with Crippen molar-refractivity contribution in [3.8, 4) is 0 Å².